The third-order valence-corrected chi connectivity index (χ3v) is 2.44. The Morgan fingerprint density at radius 3 is 2.69 bits per heavy atom. The van der Waals surface area contributed by atoms with Gasteiger partial charge in [-0.1, -0.05) is 13.8 Å². The largest absolute Gasteiger partial charge is 0.377 e. The van der Waals surface area contributed by atoms with Gasteiger partial charge in [0.05, 0.1) is 24.9 Å². The molecular formula is C10H16N2O. The second-order valence-electron chi connectivity index (χ2n) is 4.00. The predicted molar refractivity (Wildman–Crippen MR) is 50.9 cm³/mol. The Balaban J connectivity index is 2.31. The lowest BCUT2D eigenvalue weighted by Gasteiger charge is -2.28. The minimum absolute atomic E-state index is 0.478. The summed E-state index contributed by atoms with van der Waals surface area (Å²) in [6.45, 7) is 8.09. The maximum absolute atomic E-state index is 5.17. The fourth-order valence-electron chi connectivity index (χ4n) is 1.62. The third-order valence-electron chi connectivity index (χ3n) is 2.44. The van der Waals surface area contributed by atoms with E-state index in [0.29, 0.717) is 12.0 Å². The van der Waals surface area contributed by atoms with Crippen LogP contribution >= 0.6 is 0 Å². The number of hydrogen-bond donors (Lipinski definition) is 0. The SMILES string of the molecule is Cc1cc(C(C)C)n(C2COC2)n1. The number of ether oxygens (including phenoxy) is 1. The summed E-state index contributed by atoms with van der Waals surface area (Å²) in [5.41, 5.74) is 2.43. The molecule has 0 atom stereocenters. The first-order valence-corrected chi connectivity index (χ1v) is 4.82. The van der Waals surface area contributed by atoms with Crippen molar-refractivity contribution in [1.82, 2.24) is 9.78 Å². The zero-order valence-corrected chi connectivity index (χ0v) is 8.45. The summed E-state index contributed by atoms with van der Waals surface area (Å²) < 4.78 is 7.30. The highest BCUT2D eigenvalue weighted by atomic mass is 16.5. The van der Waals surface area contributed by atoms with Crippen LogP contribution in [0.25, 0.3) is 0 Å². The van der Waals surface area contributed by atoms with E-state index in [9.17, 15) is 0 Å². The van der Waals surface area contributed by atoms with Gasteiger partial charge in [0.25, 0.3) is 0 Å². The topological polar surface area (TPSA) is 27.1 Å². The number of nitrogens with zero attached hydrogens (tertiary/aromatic N) is 2. The van der Waals surface area contributed by atoms with Gasteiger partial charge in [-0.3, -0.25) is 4.68 Å². The van der Waals surface area contributed by atoms with Crippen LogP contribution in [0, 0.1) is 6.92 Å². The van der Waals surface area contributed by atoms with Crippen molar-refractivity contribution in [2.24, 2.45) is 0 Å². The van der Waals surface area contributed by atoms with E-state index in [-0.39, 0.29) is 0 Å². The van der Waals surface area contributed by atoms with Gasteiger partial charge in [0.15, 0.2) is 0 Å². The van der Waals surface area contributed by atoms with E-state index >= 15 is 0 Å². The monoisotopic (exact) mass is 180 g/mol. The van der Waals surface area contributed by atoms with Crippen molar-refractivity contribution in [3.8, 4) is 0 Å². The van der Waals surface area contributed by atoms with E-state index in [1.54, 1.807) is 0 Å². The Morgan fingerprint density at radius 2 is 2.23 bits per heavy atom. The number of aryl methyl sites for hydroxylation is 1. The van der Waals surface area contributed by atoms with Crippen LogP contribution in [-0.4, -0.2) is 23.0 Å². The summed E-state index contributed by atoms with van der Waals surface area (Å²) in [5, 5.41) is 4.49. The average molecular weight is 180 g/mol. The molecule has 13 heavy (non-hydrogen) atoms. The van der Waals surface area contributed by atoms with Gasteiger partial charge in [-0.2, -0.15) is 5.10 Å². The zero-order chi connectivity index (χ0) is 9.42. The Morgan fingerprint density at radius 1 is 1.54 bits per heavy atom. The Labute approximate surface area is 78.7 Å². The molecule has 1 aromatic heterocycles. The van der Waals surface area contributed by atoms with Gasteiger partial charge in [0, 0.05) is 5.69 Å². The second-order valence-corrected chi connectivity index (χ2v) is 4.00. The summed E-state index contributed by atoms with van der Waals surface area (Å²) >= 11 is 0. The van der Waals surface area contributed by atoms with Gasteiger partial charge in [-0.25, -0.2) is 0 Å². The normalized spacial score (nSPS) is 17.8. The fourth-order valence-corrected chi connectivity index (χ4v) is 1.62. The fraction of sp³-hybridized carbons (Fsp3) is 0.700. The molecule has 1 aliphatic heterocycles. The van der Waals surface area contributed by atoms with Crippen LogP contribution in [0.1, 0.15) is 37.2 Å². The van der Waals surface area contributed by atoms with Crippen molar-refractivity contribution in [3.63, 3.8) is 0 Å². The van der Waals surface area contributed by atoms with Crippen molar-refractivity contribution in [2.75, 3.05) is 13.2 Å². The lowest BCUT2D eigenvalue weighted by Crippen LogP contribution is -2.32. The van der Waals surface area contributed by atoms with E-state index in [1.807, 2.05) is 6.92 Å². The quantitative estimate of drug-likeness (QED) is 0.695. The molecule has 2 rings (SSSR count). The summed E-state index contributed by atoms with van der Waals surface area (Å²) in [6.07, 6.45) is 0. The van der Waals surface area contributed by atoms with Crippen molar-refractivity contribution in [1.29, 1.82) is 0 Å². The van der Waals surface area contributed by atoms with Gasteiger partial charge < -0.3 is 4.74 Å². The molecule has 3 heteroatoms. The molecule has 0 saturated carbocycles. The van der Waals surface area contributed by atoms with E-state index in [4.69, 9.17) is 4.74 Å². The van der Waals surface area contributed by atoms with Crippen LogP contribution in [0.15, 0.2) is 6.07 Å². The number of aromatic nitrogens is 2. The molecule has 0 N–H and O–H groups in total. The van der Waals surface area contributed by atoms with E-state index in [2.05, 4.69) is 29.7 Å². The zero-order valence-electron chi connectivity index (χ0n) is 8.45. The van der Waals surface area contributed by atoms with Crippen molar-refractivity contribution < 1.29 is 4.74 Å². The first-order valence-electron chi connectivity index (χ1n) is 4.82. The highest BCUT2D eigenvalue weighted by Crippen LogP contribution is 2.23. The molecule has 1 saturated heterocycles. The maximum atomic E-state index is 5.17. The van der Waals surface area contributed by atoms with Crippen LogP contribution in [-0.2, 0) is 4.74 Å². The summed E-state index contributed by atoms with van der Waals surface area (Å²) in [5.74, 6) is 0.543. The molecule has 72 valence electrons. The van der Waals surface area contributed by atoms with Crippen LogP contribution in [0.2, 0.25) is 0 Å². The molecule has 0 unspecified atom stereocenters. The Kier molecular flexibility index (Phi) is 2.12. The van der Waals surface area contributed by atoms with Gasteiger partial charge in [0.2, 0.25) is 0 Å². The first-order chi connectivity index (χ1) is 6.18. The van der Waals surface area contributed by atoms with E-state index < -0.39 is 0 Å². The summed E-state index contributed by atoms with van der Waals surface area (Å²) in [4.78, 5) is 0. The minimum atomic E-state index is 0.478. The Bertz CT molecular complexity index is 300. The maximum Gasteiger partial charge on any atom is 0.0988 e. The minimum Gasteiger partial charge on any atom is -0.377 e. The van der Waals surface area contributed by atoms with Crippen molar-refractivity contribution in [3.05, 3.63) is 17.5 Å². The standard InChI is InChI=1S/C10H16N2O/c1-7(2)10-4-8(3)11-12(10)9-5-13-6-9/h4,7,9H,5-6H2,1-3H3. The molecule has 1 aromatic rings. The van der Waals surface area contributed by atoms with Gasteiger partial charge >= 0.3 is 0 Å². The molecule has 1 aliphatic rings. The lowest BCUT2D eigenvalue weighted by molar-refractivity contribution is -0.0301. The van der Waals surface area contributed by atoms with Gasteiger partial charge in [-0.15, -0.1) is 0 Å². The van der Waals surface area contributed by atoms with Crippen LogP contribution in [0.3, 0.4) is 0 Å². The first kappa shape index (κ1) is 8.75. The molecule has 0 spiro atoms. The molecule has 3 nitrogen and oxygen atoms in total. The van der Waals surface area contributed by atoms with E-state index in [0.717, 1.165) is 18.9 Å². The highest BCUT2D eigenvalue weighted by molar-refractivity contribution is 5.13. The lowest BCUT2D eigenvalue weighted by atomic mass is 10.1. The Hall–Kier alpha value is -0.830. The molecule has 0 aliphatic carbocycles. The number of rotatable bonds is 2. The highest BCUT2D eigenvalue weighted by Gasteiger charge is 2.24. The van der Waals surface area contributed by atoms with Crippen LogP contribution in [0.5, 0.6) is 0 Å². The van der Waals surface area contributed by atoms with Crippen molar-refractivity contribution >= 4 is 0 Å². The summed E-state index contributed by atoms with van der Waals surface area (Å²) in [6, 6.07) is 2.65. The van der Waals surface area contributed by atoms with Crippen molar-refractivity contribution in [2.45, 2.75) is 32.7 Å². The molecule has 0 aromatic carbocycles. The average Bonchev–Trinajstić information content (AvgIpc) is 2.27. The third kappa shape index (κ3) is 1.48. The molecule has 0 radical (unpaired) electrons. The molecule has 1 fully saturated rings. The van der Waals surface area contributed by atoms with E-state index in [1.165, 1.54) is 5.69 Å². The smallest absolute Gasteiger partial charge is 0.0988 e. The van der Waals surface area contributed by atoms with Crippen LogP contribution in [0.4, 0.5) is 0 Å². The molecular weight excluding hydrogens is 164 g/mol. The molecule has 0 amide bonds. The predicted octanol–water partition coefficient (Wildman–Crippen LogP) is 1.89. The summed E-state index contributed by atoms with van der Waals surface area (Å²) in [7, 11) is 0. The van der Waals surface area contributed by atoms with Gasteiger partial charge in [0.1, 0.15) is 0 Å². The second kappa shape index (κ2) is 3.14. The molecule has 0 bridgehead atoms. The van der Waals surface area contributed by atoms with Crippen LogP contribution < -0.4 is 0 Å². The molecule has 2 heterocycles. The number of hydrogen-bond acceptors (Lipinski definition) is 2. The van der Waals surface area contributed by atoms with Gasteiger partial charge in [-0.05, 0) is 18.9 Å².